The van der Waals surface area contributed by atoms with Crippen LogP contribution in [0, 0.1) is 13.8 Å². The molecule has 1 aromatic heterocycles. The van der Waals surface area contributed by atoms with Crippen molar-refractivity contribution in [2.45, 2.75) is 41.2 Å². The predicted octanol–water partition coefficient (Wildman–Crippen LogP) is 4.78. The number of aromatic nitrogens is 1. The molecule has 21 heavy (non-hydrogen) atoms. The Morgan fingerprint density at radius 3 is 2.62 bits per heavy atom. The van der Waals surface area contributed by atoms with Crippen LogP contribution < -0.4 is 4.57 Å². The molecule has 0 aliphatic rings. The molecule has 112 valence electrons. The molecule has 0 bridgehead atoms. The summed E-state index contributed by atoms with van der Waals surface area (Å²) in [6, 6.07) is 4.59. The van der Waals surface area contributed by atoms with Crippen molar-refractivity contribution in [1.82, 2.24) is 0 Å². The number of hydrogen-bond donors (Lipinski definition) is 0. The van der Waals surface area contributed by atoms with Gasteiger partial charge >= 0.3 is 0 Å². The zero-order valence-corrected chi connectivity index (χ0v) is 14.4. The van der Waals surface area contributed by atoms with Crippen molar-refractivity contribution in [1.29, 1.82) is 0 Å². The van der Waals surface area contributed by atoms with E-state index in [0.717, 1.165) is 12.1 Å². The van der Waals surface area contributed by atoms with Gasteiger partial charge in [-0.2, -0.15) is 4.57 Å². The van der Waals surface area contributed by atoms with Crippen LogP contribution in [0.4, 0.5) is 0 Å². The van der Waals surface area contributed by atoms with E-state index in [1.807, 2.05) is 24.5 Å². The highest BCUT2D eigenvalue weighted by Crippen LogP contribution is 2.25. The van der Waals surface area contributed by atoms with Crippen molar-refractivity contribution >= 4 is 27.6 Å². The Kier molecular flexibility index (Phi) is 5.18. The molecule has 1 heterocycles. The van der Waals surface area contributed by atoms with Crippen LogP contribution in [0.5, 0.6) is 0 Å². The lowest BCUT2D eigenvalue weighted by Gasteiger charge is -1.97. The second-order valence-corrected chi connectivity index (χ2v) is 6.30. The lowest BCUT2D eigenvalue weighted by molar-refractivity contribution is -0.665. The second kappa shape index (κ2) is 6.90. The Labute approximate surface area is 131 Å². The summed E-state index contributed by atoms with van der Waals surface area (Å²) in [4.78, 5) is 0. The van der Waals surface area contributed by atoms with Gasteiger partial charge in [0.25, 0.3) is 5.01 Å². The summed E-state index contributed by atoms with van der Waals surface area (Å²) in [7, 11) is 0. The predicted molar refractivity (Wildman–Crippen MR) is 91.6 cm³/mol. The number of nitrogens with zero attached hydrogens (tertiary/aromatic N) is 1. The highest BCUT2D eigenvalue weighted by Gasteiger charge is 2.17. The minimum atomic E-state index is 0.710. The van der Waals surface area contributed by atoms with Gasteiger partial charge < -0.3 is 4.74 Å². The molecule has 2 rings (SSSR count). The van der Waals surface area contributed by atoms with Gasteiger partial charge in [0.15, 0.2) is 0 Å². The highest BCUT2D eigenvalue weighted by atomic mass is 32.1. The van der Waals surface area contributed by atoms with Gasteiger partial charge in [0.2, 0.25) is 5.52 Å². The van der Waals surface area contributed by atoms with Gasteiger partial charge in [0, 0.05) is 12.1 Å². The van der Waals surface area contributed by atoms with E-state index in [1.54, 1.807) is 0 Å². The third kappa shape index (κ3) is 3.53. The van der Waals surface area contributed by atoms with Crippen molar-refractivity contribution < 1.29 is 9.30 Å². The van der Waals surface area contributed by atoms with Gasteiger partial charge in [-0.05, 0) is 63.5 Å². The Morgan fingerprint density at radius 2 is 1.95 bits per heavy atom. The number of allylic oxidation sites excluding steroid dienone is 2. The van der Waals surface area contributed by atoms with E-state index in [0.29, 0.717) is 6.61 Å². The average Bonchev–Trinajstić information content (AvgIpc) is 2.80. The summed E-state index contributed by atoms with van der Waals surface area (Å²) in [5, 5.41) is 1.28. The van der Waals surface area contributed by atoms with Crippen LogP contribution in [-0.2, 0) is 11.3 Å². The summed E-state index contributed by atoms with van der Waals surface area (Å²) < 4.78 is 9.04. The Hall–Kier alpha value is -1.61. The monoisotopic (exact) mass is 302 g/mol. The zero-order chi connectivity index (χ0) is 15.4. The SMILES string of the molecule is CCOC=C(C)C=Cc1sc2cc(C)c(C)cc2[n+]1CC. The second-order valence-electron chi connectivity index (χ2n) is 5.24. The minimum Gasteiger partial charge on any atom is -0.501 e. The Morgan fingerprint density at radius 1 is 1.24 bits per heavy atom. The lowest BCUT2D eigenvalue weighted by Crippen LogP contribution is -2.33. The molecular formula is C18H24NOS+. The smallest absolute Gasteiger partial charge is 0.262 e. The number of hydrogen-bond acceptors (Lipinski definition) is 2. The van der Waals surface area contributed by atoms with Gasteiger partial charge in [-0.25, -0.2) is 0 Å². The number of fused-ring (bicyclic) bond motifs is 1. The van der Waals surface area contributed by atoms with Crippen molar-refractivity contribution in [3.63, 3.8) is 0 Å². The molecule has 3 heteroatoms. The molecule has 0 radical (unpaired) electrons. The van der Waals surface area contributed by atoms with Crippen LogP contribution >= 0.6 is 11.3 Å². The number of ether oxygens (including phenoxy) is 1. The molecule has 0 N–H and O–H groups in total. The first-order valence-corrected chi connectivity index (χ1v) is 8.28. The molecular weight excluding hydrogens is 278 g/mol. The number of rotatable bonds is 5. The summed E-state index contributed by atoms with van der Waals surface area (Å²) in [5.74, 6) is 0. The molecule has 2 aromatic rings. The summed E-state index contributed by atoms with van der Waals surface area (Å²) in [5.41, 5.74) is 5.17. The number of aryl methyl sites for hydroxylation is 3. The number of thiazole rings is 1. The van der Waals surface area contributed by atoms with Crippen LogP contribution in [0.1, 0.15) is 36.9 Å². The maximum Gasteiger partial charge on any atom is 0.262 e. The Balaban J connectivity index is 2.42. The third-order valence-corrected chi connectivity index (χ3v) is 4.70. The summed E-state index contributed by atoms with van der Waals surface area (Å²) in [6.45, 7) is 12.3. The van der Waals surface area contributed by atoms with Gasteiger partial charge in [0.05, 0.1) is 12.9 Å². The molecule has 0 atom stereocenters. The molecule has 1 aromatic carbocycles. The van der Waals surface area contributed by atoms with E-state index in [4.69, 9.17) is 4.74 Å². The van der Waals surface area contributed by atoms with Crippen molar-refractivity contribution in [3.05, 3.63) is 46.2 Å². The molecule has 0 fully saturated rings. The molecule has 0 aliphatic heterocycles. The van der Waals surface area contributed by atoms with E-state index >= 15 is 0 Å². The van der Waals surface area contributed by atoms with E-state index in [9.17, 15) is 0 Å². The molecule has 2 nitrogen and oxygen atoms in total. The van der Waals surface area contributed by atoms with Crippen molar-refractivity contribution in [2.24, 2.45) is 0 Å². The van der Waals surface area contributed by atoms with Gasteiger partial charge in [-0.1, -0.05) is 11.3 Å². The third-order valence-electron chi connectivity index (χ3n) is 3.59. The summed E-state index contributed by atoms with van der Waals surface area (Å²) in [6.07, 6.45) is 6.12. The van der Waals surface area contributed by atoms with Crippen LogP contribution in [0.25, 0.3) is 16.3 Å². The average molecular weight is 302 g/mol. The molecule has 0 spiro atoms. The highest BCUT2D eigenvalue weighted by molar-refractivity contribution is 7.18. The fourth-order valence-corrected chi connectivity index (χ4v) is 3.47. The van der Waals surface area contributed by atoms with Gasteiger partial charge in [-0.3, -0.25) is 0 Å². The maximum atomic E-state index is 5.31. The first-order chi connectivity index (χ1) is 10.1. The van der Waals surface area contributed by atoms with Gasteiger partial charge in [0.1, 0.15) is 11.2 Å². The largest absolute Gasteiger partial charge is 0.501 e. The normalized spacial score (nSPS) is 12.5. The Bertz CT molecular complexity index is 695. The first-order valence-electron chi connectivity index (χ1n) is 7.46. The fourth-order valence-electron chi connectivity index (χ4n) is 2.26. The van der Waals surface area contributed by atoms with Crippen molar-refractivity contribution in [2.75, 3.05) is 6.61 Å². The molecule has 0 aliphatic carbocycles. The van der Waals surface area contributed by atoms with E-state index in [2.05, 4.69) is 56.5 Å². The quantitative estimate of drug-likeness (QED) is 0.440. The fraction of sp³-hybridized carbons (Fsp3) is 0.389. The molecule has 0 saturated heterocycles. The van der Waals surface area contributed by atoms with E-state index in [1.165, 1.54) is 26.4 Å². The maximum absolute atomic E-state index is 5.31. The lowest BCUT2D eigenvalue weighted by atomic mass is 10.1. The first kappa shape index (κ1) is 15.8. The molecule has 0 saturated carbocycles. The van der Waals surface area contributed by atoms with Crippen LogP contribution in [0.2, 0.25) is 0 Å². The van der Waals surface area contributed by atoms with Crippen molar-refractivity contribution in [3.8, 4) is 0 Å². The molecule has 0 amide bonds. The molecule has 0 unspecified atom stereocenters. The standard InChI is InChI=1S/C18H24NOS/c1-6-19-16-10-14(4)15(5)11-17(16)21-18(19)9-8-13(3)12-20-7-2/h8-12H,6-7H2,1-5H3/q+1. The zero-order valence-electron chi connectivity index (χ0n) is 13.6. The van der Waals surface area contributed by atoms with E-state index < -0.39 is 0 Å². The van der Waals surface area contributed by atoms with Crippen LogP contribution in [0.15, 0.2) is 30.0 Å². The van der Waals surface area contributed by atoms with Crippen LogP contribution in [0.3, 0.4) is 0 Å². The topological polar surface area (TPSA) is 13.1 Å². The minimum absolute atomic E-state index is 0.710. The van der Waals surface area contributed by atoms with E-state index in [-0.39, 0.29) is 0 Å². The summed E-state index contributed by atoms with van der Waals surface area (Å²) >= 11 is 1.85. The van der Waals surface area contributed by atoms with Crippen LogP contribution in [-0.4, -0.2) is 6.61 Å². The number of benzene rings is 1. The van der Waals surface area contributed by atoms with Gasteiger partial charge in [-0.15, -0.1) is 0 Å².